The molecule has 1 atom stereocenters. The minimum absolute atomic E-state index is 0.0214. The van der Waals surface area contributed by atoms with Gasteiger partial charge in [-0.3, -0.25) is 4.79 Å². The maximum atomic E-state index is 13.3. The van der Waals surface area contributed by atoms with Crippen molar-refractivity contribution in [2.75, 3.05) is 0 Å². The number of halogens is 1. The Balaban J connectivity index is 2.26. The molecular weight excluding hydrogens is 199 g/mol. The highest BCUT2D eigenvalue weighted by Crippen LogP contribution is 2.36. The highest BCUT2D eigenvalue weighted by atomic mass is 19.1. The van der Waals surface area contributed by atoms with Crippen LogP contribution in [0.25, 0.3) is 0 Å². The molecule has 15 heavy (non-hydrogen) atoms. The van der Waals surface area contributed by atoms with Crippen molar-refractivity contribution < 1.29 is 19.4 Å². The SMILES string of the molecule is O=C(O)CC1Cc2c(O)ccc(F)c2C1. The maximum Gasteiger partial charge on any atom is 0.303 e. The first-order chi connectivity index (χ1) is 7.08. The number of fused-ring (bicyclic) bond motifs is 1. The highest BCUT2D eigenvalue weighted by molar-refractivity contribution is 5.67. The minimum Gasteiger partial charge on any atom is -0.508 e. The lowest BCUT2D eigenvalue weighted by molar-refractivity contribution is -0.138. The van der Waals surface area contributed by atoms with Gasteiger partial charge < -0.3 is 10.2 Å². The van der Waals surface area contributed by atoms with Gasteiger partial charge in [-0.25, -0.2) is 4.39 Å². The summed E-state index contributed by atoms with van der Waals surface area (Å²) in [4.78, 5) is 10.5. The topological polar surface area (TPSA) is 57.5 Å². The molecule has 0 radical (unpaired) electrons. The van der Waals surface area contributed by atoms with Crippen molar-refractivity contribution in [1.82, 2.24) is 0 Å². The Morgan fingerprint density at radius 1 is 1.40 bits per heavy atom. The van der Waals surface area contributed by atoms with E-state index >= 15 is 0 Å². The predicted octanol–water partition coefficient (Wildman–Crippen LogP) is 1.72. The lowest BCUT2D eigenvalue weighted by Gasteiger charge is -2.03. The monoisotopic (exact) mass is 210 g/mol. The van der Waals surface area contributed by atoms with Crippen LogP contribution in [0.15, 0.2) is 12.1 Å². The zero-order valence-corrected chi connectivity index (χ0v) is 8.03. The van der Waals surface area contributed by atoms with Crippen LogP contribution < -0.4 is 0 Å². The Morgan fingerprint density at radius 3 is 2.67 bits per heavy atom. The van der Waals surface area contributed by atoms with Crippen LogP contribution in [-0.2, 0) is 17.6 Å². The molecule has 1 aliphatic rings. The number of aliphatic carboxylic acids is 1. The number of carbonyl (C=O) groups is 1. The Bertz CT molecular complexity index is 384. The van der Waals surface area contributed by atoms with Crippen LogP contribution in [0.5, 0.6) is 5.75 Å². The molecule has 0 aromatic heterocycles. The molecule has 0 spiro atoms. The summed E-state index contributed by atoms with van der Waals surface area (Å²) in [6.45, 7) is 0. The highest BCUT2D eigenvalue weighted by Gasteiger charge is 2.28. The zero-order valence-electron chi connectivity index (χ0n) is 8.03. The molecule has 0 heterocycles. The second kappa shape index (κ2) is 3.53. The van der Waals surface area contributed by atoms with Crippen molar-refractivity contribution in [3.8, 4) is 5.75 Å². The average molecular weight is 210 g/mol. The summed E-state index contributed by atoms with van der Waals surface area (Å²) in [5.41, 5.74) is 1.04. The van der Waals surface area contributed by atoms with E-state index in [1.54, 1.807) is 0 Å². The Morgan fingerprint density at radius 2 is 2.07 bits per heavy atom. The van der Waals surface area contributed by atoms with Crippen molar-refractivity contribution in [3.63, 3.8) is 0 Å². The third-order valence-electron chi connectivity index (χ3n) is 2.80. The fraction of sp³-hybridized carbons (Fsp3) is 0.364. The fourth-order valence-corrected chi connectivity index (χ4v) is 2.14. The molecule has 0 fully saturated rings. The van der Waals surface area contributed by atoms with Gasteiger partial charge in [-0.15, -0.1) is 0 Å². The van der Waals surface area contributed by atoms with Crippen molar-refractivity contribution in [1.29, 1.82) is 0 Å². The molecule has 1 aromatic rings. The van der Waals surface area contributed by atoms with E-state index in [9.17, 15) is 14.3 Å². The van der Waals surface area contributed by atoms with E-state index in [-0.39, 0.29) is 23.9 Å². The molecule has 4 heteroatoms. The summed E-state index contributed by atoms with van der Waals surface area (Å²) in [5.74, 6) is -1.26. The van der Waals surface area contributed by atoms with Crippen LogP contribution in [0.2, 0.25) is 0 Å². The van der Waals surface area contributed by atoms with Crippen molar-refractivity contribution in [2.24, 2.45) is 5.92 Å². The van der Waals surface area contributed by atoms with Crippen LogP contribution in [0.3, 0.4) is 0 Å². The maximum absolute atomic E-state index is 13.3. The minimum atomic E-state index is -0.882. The summed E-state index contributed by atoms with van der Waals surface area (Å²) in [6, 6.07) is 2.54. The van der Waals surface area contributed by atoms with Gasteiger partial charge in [-0.1, -0.05) is 0 Å². The standard InChI is InChI=1S/C11H11FO3/c12-9-1-2-10(13)8-4-6(3-7(8)9)5-11(14)15/h1-2,6,13H,3-5H2,(H,14,15). The molecule has 2 N–H and O–H groups in total. The summed E-state index contributed by atoms with van der Waals surface area (Å²) in [7, 11) is 0. The average Bonchev–Trinajstić information content (AvgIpc) is 2.55. The molecule has 80 valence electrons. The van der Waals surface area contributed by atoms with Gasteiger partial charge in [0.1, 0.15) is 11.6 Å². The van der Waals surface area contributed by atoms with E-state index in [1.165, 1.54) is 12.1 Å². The number of carboxylic acid groups (broad SMARTS) is 1. The normalized spacial score (nSPS) is 18.9. The van der Waals surface area contributed by atoms with E-state index < -0.39 is 5.97 Å². The summed E-state index contributed by atoms with van der Waals surface area (Å²) < 4.78 is 13.3. The van der Waals surface area contributed by atoms with Gasteiger partial charge in [-0.2, -0.15) is 0 Å². The molecule has 1 unspecified atom stereocenters. The molecule has 2 rings (SSSR count). The Hall–Kier alpha value is -1.58. The molecule has 0 aliphatic heterocycles. The first-order valence-electron chi connectivity index (χ1n) is 4.79. The van der Waals surface area contributed by atoms with Gasteiger partial charge in [0.25, 0.3) is 0 Å². The fourth-order valence-electron chi connectivity index (χ4n) is 2.14. The number of rotatable bonds is 2. The van der Waals surface area contributed by atoms with Crippen LogP contribution in [0, 0.1) is 11.7 Å². The Labute approximate surface area is 86.2 Å². The Kier molecular flexibility index (Phi) is 2.34. The molecule has 1 aromatic carbocycles. The van der Waals surface area contributed by atoms with E-state index in [4.69, 9.17) is 5.11 Å². The number of phenols is 1. The van der Waals surface area contributed by atoms with Crippen LogP contribution in [0.1, 0.15) is 17.5 Å². The molecule has 0 saturated heterocycles. The molecule has 0 amide bonds. The molecule has 0 bridgehead atoms. The number of carboxylic acids is 1. The second-order valence-electron chi connectivity index (χ2n) is 3.90. The van der Waals surface area contributed by atoms with E-state index in [2.05, 4.69) is 0 Å². The third kappa shape index (κ3) is 1.79. The largest absolute Gasteiger partial charge is 0.508 e. The van der Waals surface area contributed by atoms with E-state index in [0.717, 1.165) is 0 Å². The zero-order chi connectivity index (χ0) is 11.0. The third-order valence-corrected chi connectivity index (χ3v) is 2.80. The lowest BCUT2D eigenvalue weighted by Crippen LogP contribution is -2.07. The van der Waals surface area contributed by atoms with E-state index in [0.29, 0.717) is 24.0 Å². The van der Waals surface area contributed by atoms with Gasteiger partial charge in [-0.05, 0) is 36.5 Å². The van der Waals surface area contributed by atoms with Crippen molar-refractivity contribution in [2.45, 2.75) is 19.3 Å². The van der Waals surface area contributed by atoms with Gasteiger partial charge >= 0.3 is 5.97 Å². The van der Waals surface area contributed by atoms with Gasteiger partial charge in [0.15, 0.2) is 0 Å². The molecule has 0 saturated carbocycles. The number of aromatic hydroxyl groups is 1. The summed E-state index contributed by atoms with van der Waals surface area (Å²) >= 11 is 0. The number of benzene rings is 1. The smallest absolute Gasteiger partial charge is 0.303 e. The summed E-state index contributed by atoms with van der Waals surface area (Å²) in [5, 5.41) is 18.1. The van der Waals surface area contributed by atoms with Crippen molar-refractivity contribution >= 4 is 5.97 Å². The van der Waals surface area contributed by atoms with Crippen LogP contribution >= 0.6 is 0 Å². The van der Waals surface area contributed by atoms with E-state index in [1.807, 2.05) is 0 Å². The van der Waals surface area contributed by atoms with Crippen LogP contribution in [-0.4, -0.2) is 16.2 Å². The lowest BCUT2D eigenvalue weighted by atomic mass is 10.0. The van der Waals surface area contributed by atoms with Crippen LogP contribution in [0.4, 0.5) is 4.39 Å². The first kappa shape index (κ1) is 9.96. The molecular formula is C11H11FO3. The number of phenolic OH excluding ortho intramolecular Hbond substituents is 1. The molecule has 3 nitrogen and oxygen atoms in total. The van der Waals surface area contributed by atoms with Gasteiger partial charge in [0.05, 0.1) is 0 Å². The molecule has 1 aliphatic carbocycles. The predicted molar refractivity (Wildman–Crippen MR) is 51.2 cm³/mol. The first-order valence-corrected chi connectivity index (χ1v) is 4.79. The quantitative estimate of drug-likeness (QED) is 0.781. The van der Waals surface area contributed by atoms with Gasteiger partial charge in [0, 0.05) is 12.0 Å². The number of hydrogen-bond acceptors (Lipinski definition) is 2. The van der Waals surface area contributed by atoms with Gasteiger partial charge in [0.2, 0.25) is 0 Å². The summed E-state index contributed by atoms with van der Waals surface area (Å²) in [6.07, 6.45) is 0.876. The van der Waals surface area contributed by atoms with Crippen molar-refractivity contribution in [3.05, 3.63) is 29.1 Å². The second-order valence-corrected chi connectivity index (χ2v) is 3.90. The number of hydrogen-bond donors (Lipinski definition) is 2.